The van der Waals surface area contributed by atoms with Gasteiger partial charge in [-0.1, -0.05) is 88.4 Å². The van der Waals surface area contributed by atoms with Crippen LogP contribution in [0.25, 0.3) is 0 Å². The van der Waals surface area contributed by atoms with E-state index in [0.29, 0.717) is 39.1 Å². The largest absolute Gasteiger partial charge is 0.481 e. The maximum Gasteiger partial charge on any atom is 0.307 e. The lowest BCUT2D eigenvalue weighted by molar-refractivity contribution is -0.160. The lowest BCUT2D eigenvalue weighted by Gasteiger charge is -2.35. The Morgan fingerprint density at radius 1 is 0.778 bits per heavy atom. The van der Waals surface area contributed by atoms with Crippen LogP contribution in [0.2, 0.25) is 0 Å². The summed E-state index contributed by atoms with van der Waals surface area (Å²) in [6.07, 6.45) is 1.26. The molecule has 0 bridgehead atoms. The van der Waals surface area contributed by atoms with Crippen LogP contribution in [0.4, 0.5) is 0 Å². The third-order valence-electron chi connectivity index (χ3n) is 11.1. The first-order valence-corrected chi connectivity index (χ1v) is 22.2. The van der Waals surface area contributed by atoms with E-state index >= 15 is 4.79 Å². The zero-order chi connectivity index (χ0) is 45.9. The van der Waals surface area contributed by atoms with Gasteiger partial charge in [0.05, 0.1) is 32.4 Å². The van der Waals surface area contributed by atoms with E-state index in [1.54, 1.807) is 6.92 Å². The van der Waals surface area contributed by atoms with E-state index in [4.69, 9.17) is 19.3 Å². The zero-order valence-corrected chi connectivity index (χ0v) is 37.5. The van der Waals surface area contributed by atoms with E-state index in [9.17, 15) is 28.8 Å². The molecule has 2 aliphatic rings. The van der Waals surface area contributed by atoms with Crippen LogP contribution in [0.5, 0.6) is 0 Å². The number of rotatable bonds is 27. The molecule has 5 atom stereocenters. The molecule has 2 heterocycles. The average Bonchev–Trinajstić information content (AvgIpc) is 4.01. The highest BCUT2D eigenvalue weighted by Gasteiger charge is 2.50. The van der Waals surface area contributed by atoms with Crippen molar-refractivity contribution in [2.45, 2.75) is 122 Å². The molecule has 4 amide bonds. The number of morpholine rings is 1. The number of carboxylic acid groups (broad SMARTS) is 1. The Balaban J connectivity index is 1.68. The monoisotopic (exact) mass is 877 g/mol. The molecule has 63 heavy (non-hydrogen) atoms. The minimum Gasteiger partial charge on any atom is -0.481 e. The van der Waals surface area contributed by atoms with Crippen molar-refractivity contribution in [3.8, 4) is 0 Å². The number of hydrogen-bond acceptors (Lipinski definition) is 11. The normalized spacial score (nSPS) is 18.1. The highest BCUT2D eigenvalue weighted by molar-refractivity contribution is 5.99. The minimum atomic E-state index is -1.29. The summed E-state index contributed by atoms with van der Waals surface area (Å²) >= 11 is 0. The highest BCUT2D eigenvalue weighted by atomic mass is 16.6. The number of epoxide rings is 1. The van der Waals surface area contributed by atoms with Crippen LogP contribution in [-0.4, -0.2) is 132 Å². The van der Waals surface area contributed by atoms with Crippen LogP contribution in [0.1, 0.15) is 90.7 Å². The molecule has 0 saturated carbocycles. The van der Waals surface area contributed by atoms with Gasteiger partial charge in [0.15, 0.2) is 12.5 Å². The Kier molecular flexibility index (Phi) is 20.2. The van der Waals surface area contributed by atoms with Gasteiger partial charge in [-0.2, -0.15) is 0 Å². The molecule has 16 heteroatoms. The molecule has 346 valence electrons. The molecule has 0 aliphatic carbocycles. The molecule has 4 rings (SSSR count). The second-order valence-corrected chi connectivity index (χ2v) is 17.6. The number of carbonyl (C=O) groups excluding carboxylic acids is 6. The van der Waals surface area contributed by atoms with Gasteiger partial charge < -0.3 is 35.3 Å². The summed E-state index contributed by atoms with van der Waals surface area (Å²) in [5, 5.41) is 17.8. The number of nitrogens with one attached hydrogen (secondary N) is 3. The number of nitrogens with zero attached hydrogens (tertiary/aromatic N) is 2. The number of Topliss-reactive ketones (excluding diaryl/α,β-unsaturated/α-hetero) is 1. The third-order valence-corrected chi connectivity index (χ3v) is 11.1. The molecule has 0 spiro atoms. The predicted molar refractivity (Wildman–Crippen MR) is 234 cm³/mol. The lowest BCUT2D eigenvalue weighted by atomic mass is 9.93. The maximum absolute atomic E-state index is 15.0. The molecule has 16 nitrogen and oxygen atoms in total. The van der Waals surface area contributed by atoms with Crippen molar-refractivity contribution in [3.63, 3.8) is 0 Å². The van der Waals surface area contributed by atoms with Crippen molar-refractivity contribution in [1.82, 2.24) is 25.8 Å². The minimum absolute atomic E-state index is 0.0155. The summed E-state index contributed by atoms with van der Waals surface area (Å²) in [7, 11) is 0. The Bertz CT molecular complexity index is 1820. The number of ketones is 1. The molecular weight excluding hydrogens is 811 g/mol. The van der Waals surface area contributed by atoms with Crippen molar-refractivity contribution >= 4 is 41.4 Å². The Hall–Kier alpha value is -5.19. The topological polar surface area (TPSA) is 213 Å². The van der Waals surface area contributed by atoms with E-state index in [1.807, 2.05) is 93.3 Å². The molecular formula is C47H67N5O11. The molecule has 0 unspecified atom stereocenters. The third kappa shape index (κ3) is 17.5. The molecule has 2 aliphatic heterocycles. The lowest BCUT2D eigenvalue weighted by Crippen LogP contribution is -2.60. The van der Waals surface area contributed by atoms with E-state index < -0.39 is 72.1 Å². The highest BCUT2D eigenvalue weighted by Crippen LogP contribution is 2.30. The smallest absolute Gasteiger partial charge is 0.307 e. The summed E-state index contributed by atoms with van der Waals surface area (Å²) in [4.78, 5) is 98.6. The van der Waals surface area contributed by atoms with Gasteiger partial charge in [0.1, 0.15) is 23.7 Å². The summed E-state index contributed by atoms with van der Waals surface area (Å²) in [6, 6.07) is 14.0. The summed E-state index contributed by atoms with van der Waals surface area (Å²) in [6.45, 7) is 10.9. The molecule has 2 aromatic rings. The van der Waals surface area contributed by atoms with Gasteiger partial charge in [-0.3, -0.25) is 43.4 Å². The molecule has 2 fully saturated rings. The van der Waals surface area contributed by atoms with Gasteiger partial charge in [0, 0.05) is 32.4 Å². The number of ether oxygens (including phenoxy) is 3. The zero-order valence-electron chi connectivity index (χ0n) is 37.5. The fourth-order valence-electron chi connectivity index (χ4n) is 7.43. The molecule has 2 saturated heterocycles. The second-order valence-electron chi connectivity index (χ2n) is 17.6. The standard InChI is InChI=1S/C47H67N5O11/c1-32(2)26-37(43(57)47(5)30-63-47)49-44(58)38(28-35-16-10-7-11-17-35)50-45(59)39(27-33(3)4)52(31-62-42(56)19-13-12-18-41(54)55)46(60)36(21-20-34-14-8-6-9-15-34)48-40(53)29-51-22-24-61-25-23-51/h6-11,14-17,32-33,36-39H,12-13,18-31H2,1-5H3,(H,48,53)(H,49,58)(H,50,59)(H,54,55)/t36-,37-,38-,39-,47+/m0/s1. The summed E-state index contributed by atoms with van der Waals surface area (Å²) < 4.78 is 16.5. The number of carboxylic acids is 1. The van der Waals surface area contributed by atoms with Gasteiger partial charge in [0.25, 0.3) is 0 Å². The molecule has 0 aromatic heterocycles. The van der Waals surface area contributed by atoms with Crippen LogP contribution in [0, 0.1) is 11.8 Å². The fraction of sp³-hybridized carbons (Fsp3) is 0.596. The van der Waals surface area contributed by atoms with Crippen molar-refractivity contribution in [2.75, 3.05) is 46.2 Å². The van der Waals surface area contributed by atoms with Crippen LogP contribution in [0.3, 0.4) is 0 Å². The second kappa shape index (κ2) is 25.2. The first-order chi connectivity index (χ1) is 30.0. The number of amides is 4. The van der Waals surface area contributed by atoms with Crippen molar-refractivity contribution in [2.24, 2.45) is 11.8 Å². The number of aryl methyl sites for hydroxylation is 1. The summed E-state index contributed by atoms with van der Waals surface area (Å²) in [5.74, 6) is -4.45. The number of unbranched alkanes of at least 4 members (excludes halogenated alkanes) is 1. The van der Waals surface area contributed by atoms with E-state index in [-0.39, 0.29) is 75.7 Å². The van der Waals surface area contributed by atoms with Crippen LogP contribution in [-0.2, 0) is 60.6 Å². The van der Waals surface area contributed by atoms with Crippen LogP contribution < -0.4 is 16.0 Å². The number of esters is 1. The number of hydrogen-bond donors (Lipinski definition) is 4. The van der Waals surface area contributed by atoms with Gasteiger partial charge in [0.2, 0.25) is 23.6 Å². The van der Waals surface area contributed by atoms with Crippen LogP contribution in [0.15, 0.2) is 60.7 Å². The molecule has 0 radical (unpaired) electrons. The predicted octanol–water partition coefficient (Wildman–Crippen LogP) is 3.44. The van der Waals surface area contributed by atoms with E-state index in [1.165, 1.54) is 0 Å². The maximum atomic E-state index is 15.0. The van der Waals surface area contributed by atoms with Gasteiger partial charge in [-0.25, -0.2) is 0 Å². The van der Waals surface area contributed by atoms with Crippen molar-refractivity contribution in [1.29, 1.82) is 0 Å². The van der Waals surface area contributed by atoms with E-state index in [0.717, 1.165) is 16.0 Å². The quantitative estimate of drug-likeness (QED) is 0.0440. The van der Waals surface area contributed by atoms with Crippen LogP contribution >= 0.6 is 0 Å². The fourth-order valence-corrected chi connectivity index (χ4v) is 7.43. The van der Waals surface area contributed by atoms with E-state index in [2.05, 4.69) is 16.0 Å². The van der Waals surface area contributed by atoms with Crippen molar-refractivity contribution in [3.05, 3.63) is 71.8 Å². The summed E-state index contributed by atoms with van der Waals surface area (Å²) in [5.41, 5.74) is 0.646. The Morgan fingerprint density at radius 2 is 1.37 bits per heavy atom. The Labute approximate surface area is 371 Å². The molecule has 2 aromatic carbocycles. The van der Waals surface area contributed by atoms with Gasteiger partial charge in [-0.05, 0) is 68.4 Å². The SMILES string of the molecule is CC(C)C[C@H](NC(=O)[C@H](Cc1ccccc1)NC(=O)[C@H](CC(C)C)N(COC(=O)CCCCC(=O)O)C(=O)[C@H](CCc1ccccc1)NC(=O)CN1CCOCC1)C(=O)[C@@]1(C)CO1. The van der Waals surface area contributed by atoms with Gasteiger partial charge in [-0.15, -0.1) is 0 Å². The Morgan fingerprint density at radius 3 is 1.95 bits per heavy atom. The number of aliphatic carboxylic acids is 1. The first-order valence-electron chi connectivity index (χ1n) is 22.2. The number of carbonyl (C=O) groups is 7. The van der Waals surface area contributed by atoms with Crippen molar-refractivity contribution < 1.29 is 52.9 Å². The first kappa shape index (κ1) is 50.5. The number of benzene rings is 2. The average molecular weight is 878 g/mol. The van der Waals surface area contributed by atoms with Gasteiger partial charge >= 0.3 is 11.9 Å². The molecule has 4 N–H and O–H groups in total.